The zero-order chi connectivity index (χ0) is 25.8. The molecule has 2 aliphatic heterocycles. The molecular formula is C28H31N3O5S. The number of benzene rings is 3. The number of anilines is 2. The number of methoxy groups -OCH3 is 1. The molecule has 0 saturated carbocycles. The molecule has 1 fully saturated rings. The minimum atomic E-state index is -3.68. The quantitative estimate of drug-likeness (QED) is 0.473. The number of nitrogens with zero attached hydrogens (tertiary/aromatic N) is 3. The zero-order valence-electron chi connectivity index (χ0n) is 20.9. The van der Waals surface area contributed by atoms with Crippen molar-refractivity contribution in [2.75, 3.05) is 55.6 Å². The van der Waals surface area contributed by atoms with Crippen LogP contribution >= 0.6 is 0 Å². The average Bonchev–Trinajstić information content (AvgIpc) is 2.96. The van der Waals surface area contributed by atoms with Crippen molar-refractivity contribution >= 4 is 27.3 Å². The van der Waals surface area contributed by atoms with Gasteiger partial charge >= 0.3 is 0 Å². The van der Waals surface area contributed by atoms with Gasteiger partial charge in [0.05, 0.1) is 23.4 Å². The Labute approximate surface area is 218 Å². The summed E-state index contributed by atoms with van der Waals surface area (Å²) in [6.45, 7) is 2.96. The van der Waals surface area contributed by atoms with Crippen LogP contribution in [0.25, 0.3) is 0 Å². The van der Waals surface area contributed by atoms with Crippen molar-refractivity contribution in [2.45, 2.75) is 17.7 Å². The Morgan fingerprint density at radius 1 is 0.838 bits per heavy atom. The highest BCUT2D eigenvalue weighted by atomic mass is 32.2. The average molecular weight is 522 g/mol. The first kappa shape index (κ1) is 25.0. The lowest BCUT2D eigenvalue weighted by atomic mass is 10.0. The summed E-state index contributed by atoms with van der Waals surface area (Å²) < 4.78 is 39.3. The van der Waals surface area contributed by atoms with E-state index < -0.39 is 10.0 Å². The molecule has 3 aromatic rings. The van der Waals surface area contributed by atoms with E-state index in [1.54, 1.807) is 36.3 Å². The van der Waals surface area contributed by atoms with Gasteiger partial charge in [-0.15, -0.1) is 0 Å². The maximum atomic E-state index is 13.3. The van der Waals surface area contributed by atoms with Gasteiger partial charge in [0.2, 0.25) is 0 Å². The van der Waals surface area contributed by atoms with Crippen molar-refractivity contribution in [3.05, 3.63) is 78.4 Å². The van der Waals surface area contributed by atoms with Crippen LogP contribution in [0.2, 0.25) is 0 Å². The zero-order valence-corrected chi connectivity index (χ0v) is 21.7. The fraction of sp³-hybridized carbons (Fsp3) is 0.321. The SMILES string of the molecule is COc1ccccc1N1CCN(C(=O)COc2ccc(S(=O)(=O)N3CCCc4ccccc43)cc2)CC1. The van der Waals surface area contributed by atoms with Gasteiger partial charge < -0.3 is 19.3 Å². The summed E-state index contributed by atoms with van der Waals surface area (Å²) in [5.41, 5.74) is 2.81. The van der Waals surface area contributed by atoms with Crippen LogP contribution in [0, 0.1) is 0 Å². The lowest BCUT2D eigenvalue weighted by Crippen LogP contribution is -2.50. The first-order valence-electron chi connectivity index (χ1n) is 12.5. The molecule has 1 saturated heterocycles. The molecular weight excluding hydrogens is 490 g/mol. The maximum Gasteiger partial charge on any atom is 0.264 e. The predicted molar refractivity (Wildman–Crippen MR) is 143 cm³/mol. The molecule has 0 spiro atoms. The molecule has 3 aromatic carbocycles. The van der Waals surface area contributed by atoms with Gasteiger partial charge in [0.15, 0.2) is 6.61 Å². The fourth-order valence-electron chi connectivity index (χ4n) is 4.91. The second-order valence-corrected chi connectivity index (χ2v) is 11.0. The molecule has 0 N–H and O–H groups in total. The minimum Gasteiger partial charge on any atom is -0.495 e. The van der Waals surface area contributed by atoms with Gasteiger partial charge in [-0.3, -0.25) is 9.10 Å². The highest BCUT2D eigenvalue weighted by Crippen LogP contribution is 2.32. The standard InChI is InChI=1S/C28H31N3O5S/c1-35-27-11-5-4-10-26(27)29-17-19-30(20-18-29)28(32)21-36-23-12-14-24(15-13-23)37(33,34)31-16-6-8-22-7-2-3-9-25(22)31/h2-5,7,9-15H,6,8,16-21H2,1H3. The first-order valence-corrected chi connectivity index (χ1v) is 13.9. The second kappa shape index (κ2) is 10.7. The molecule has 2 aliphatic rings. The molecule has 9 heteroatoms. The first-order chi connectivity index (χ1) is 18.0. The Kier molecular flexibility index (Phi) is 7.23. The Morgan fingerprint density at radius 2 is 1.51 bits per heavy atom. The summed E-state index contributed by atoms with van der Waals surface area (Å²) in [4.78, 5) is 16.9. The number of fused-ring (bicyclic) bond motifs is 1. The fourth-order valence-corrected chi connectivity index (χ4v) is 6.45. The number of sulfonamides is 1. The molecule has 37 heavy (non-hydrogen) atoms. The molecule has 2 heterocycles. The third-order valence-corrected chi connectivity index (χ3v) is 8.73. The lowest BCUT2D eigenvalue weighted by Gasteiger charge is -2.36. The Hall–Kier alpha value is -3.72. The van der Waals surface area contributed by atoms with Crippen molar-refractivity contribution in [1.29, 1.82) is 0 Å². The molecule has 8 nitrogen and oxygen atoms in total. The third-order valence-electron chi connectivity index (χ3n) is 6.90. The van der Waals surface area contributed by atoms with Crippen LogP contribution in [-0.4, -0.2) is 65.7 Å². The van der Waals surface area contributed by atoms with Gasteiger partial charge in [-0.1, -0.05) is 30.3 Å². The summed E-state index contributed by atoms with van der Waals surface area (Å²) >= 11 is 0. The topological polar surface area (TPSA) is 79.4 Å². The molecule has 1 amide bonds. The van der Waals surface area contributed by atoms with Crippen molar-refractivity contribution in [3.63, 3.8) is 0 Å². The molecule has 0 aliphatic carbocycles. The van der Waals surface area contributed by atoms with Crippen LogP contribution in [0.1, 0.15) is 12.0 Å². The summed E-state index contributed by atoms with van der Waals surface area (Å²) in [6, 6.07) is 21.8. The number of amides is 1. The number of carbonyl (C=O) groups excluding carboxylic acids is 1. The van der Waals surface area contributed by atoms with E-state index in [1.807, 2.05) is 48.5 Å². The predicted octanol–water partition coefficient (Wildman–Crippen LogP) is 3.56. The Morgan fingerprint density at radius 3 is 2.24 bits per heavy atom. The molecule has 0 radical (unpaired) electrons. The van der Waals surface area contributed by atoms with Crippen LogP contribution in [-0.2, 0) is 21.2 Å². The number of hydrogen-bond acceptors (Lipinski definition) is 6. The molecule has 0 bridgehead atoms. The van der Waals surface area contributed by atoms with E-state index in [9.17, 15) is 13.2 Å². The number of para-hydroxylation sites is 3. The van der Waals surface area contributed by atoms with Crippen molar-refractivity contribution in [2.24, 2.45) is 0 Å². The van der Waals surface area contributed by atoms with E-state index >= 15 is 0 Å². The molecule has 0 atom stereocenters. The number of ether oxygens (including phenoxy) is 2. The summed E-state index contributed by atoms with van der Waals surface area (Å²) in [5, 5.41) is 0. The van der Waals surface area contributed by atoms with Gasteiger partial charge in [-0.2, -0.15) is 0 Å². The number of carbonyl (C=O) groups is 1. The Balaban J connectivity index is 1.17. The van der Waals surface area contributed by atoms with Gasteiger partial charge in [-0.25, -0.2) is 8.42 Å². The molecule has 0 aromatic heterocycles. The Bertz CT molecular complexity index is 1350. The number of piperazine rings is 1. The normalized spacial score (nSPS) is 15.8. The van der Waals surface area contributed by atoms with Crippen LogP contribution in [0.4, 0.5) is 11.4 Å². The number of rotatable bonds is 7. The van der Waals surface area contributed by atoms with Crippen molar-refractivity contribution in [1.82, 2.24) is 4.90 Å². The van der Waals surface area contributed by atoms with E-state index in [1.165, 1.54) is 4.31 Å². The lowest BCUT2D eigenvalue weighted by molar-refractivity contribution is -0.133. The largest absolute Gasteiger partial charge is 0.495 e. The van der Waals surface area contributed by atoms with E-state index in [0.29, 0.717) is 38.5 Å². The van der Waals surface area contributed by atoms with Crippen molar-refractivity contribution < 1.29 is 22.7 Å². The molecule has 194 valence electrons. The summed E-state index contributed by atoms with van der Waals surface area (Å²) in [7, 11) is -2.03. The van der Waals surface area contributed by atoms with E-state index in [2.05, 4.69) is 4.90 Å². The van der Waals surface area contributed by atoms with E-state index in [4.69, 9.17) is 9.47 Å². The highest BCUT2D eigenvalue weighted by molar-refractivity contribution is 7.92. The smallest absolute Gasteiger partial charge is 0.264 e. The van der Waals surface area contributed by atoms with E-state index in [-0.39, 0.29) is 17.4 Å². The molecule has 5 rings (SSSR count). The van der Waals surface area contributed by atoms with Crippen LogP contribution in [0.5, 0.6) is 11.5 Å². The number of hydrogen-bond donors (Lipinski definition) is 0. The van der Waals surface area contributed by atoms with Gasteiger partial charge in [-0.05, 0) is 60.9 Å². The van der Waals surface area contributed by atoms with Crippen LogP contribution < -0.4 is 18.7 Å². The summed E-state index contributed by atoms with van der Waals surface area (Å²) in [6.07, 6.45) is 1.66. The minimum absolute atomic E-state index is 0.0960. The van der Waals surface area contributed by atoms with Gasteiger partial charge in [0, 0.05) is 32.7 Å². The molecule has 0 unspecified atom stereocenters. The number of aryl methyl sites for hydroxylation is 1. The highest BCUT2D eigenvalue weighted by Gasteiger charge is 2.29. The third kappa shape index (κ3) is 5.22. The van der Waals surface area contributed by atoms with Crippen molar-refractivity contribution in [3.8, 4) is 11.5 Å². The van der Waals surface area contributed by atoms with Crippen LogP contribution in [0.15, 0.2) is 77.7 Å². The maximum absolute atomic E-state index is 13.3. The summed E-state index contributed by atoms with van der Waals surface area (Å²) in [5.74, 6) is 1.18. The van der Waals surface area contributed by atoms with Crippen LogP contribution in [0.3, 0.4) is 0 Å². The second-order valence-electron chi connectivity index (χ2n) is 9.11. The van der Waals surface area contributed by atoms with Gasteiger partial charge in [0.25, 0.3) is 15.9 Å². The monoisotopic (exact) mass is 521 g/mol. The van der Waals surface area contributed by atoms with E-state index in [0.717, 1.165) is 35.5 Å². The van der Waals surface area contributed by atoms with Gasteiger partial charge in [0.1, 0.15) is 11.5 Å².